The van der Waals surface area contributed by atoms with Gasteiger partial charge in [-0.25, -0.2) is 0 Å². The Kier molecular flexibility index (Phi) is 4.87. The van der Waals surface area contributed by atoms with Crippen molar-refractivity contribution in [2.45, 2.75) is 31.2 Å². The van der Waals surface area contributed by atoms with E-state index in [2.05, 4.69) is 0 Å². The van der Waals surface area contributed by atoms with Crippen molar-refractivity contribution >= 4 is 0 Å². The average molecular weight is 319 g/mol. The predicted molar refractivity (Wildman–Crippen MR) is 75.1 cm³/mol. The van der Waals surface area contributed by atoms with Crippen LogP contribution in [-0.4, -0.2) is 49.1 Å². The minimum atomic E-state index is -4.58. The van der Waals surface area contributed by atoms with Crippen molar-refractivity contribution in [1.82, 2.24) is 4.90 Å². The molecule has 2 rings (SSSR count). The van der Waals surface area contributed by atoms with Gasteiger partial charge in [0.05, 0.1) is 14.2 Å². The molecule has 1 saturated heterocycles. The van der Waals surface area contributed by atoms with Crippen LogP contribution in [0.5, 0.6) is 11.5 Å². The van der Waals surface area contributed by atoms with Gasteiger partial charge in [0.1, 0.15) is 0 Å². The number of likely N-dealkylation sites (tertiary alicyclic amines) is 1. The number of nitrogens with zero attached hydrogens (tertiary/aromatic N) is 1. The second kappa shape index (κ2) is 6.34. The molecule has 1 aliphatic heterocycles. The molecule has 1 N–H and O–H groups in total. The summed E-state index contributed by atoms with van der Waals surface area (Å²) < 4.78 is 48.9. The third-order valence-electron chi connectivity index (χ3n) is 4.09. The van der Waals surface area contributed by atoms with Gasteiger partial charge >= 0.3 is 6.18 Å². The van der Waals surface area contributed by atoms with Gasteiger partial charge in [-0.2, -0.15) is 13.2 Å². The number of hydrogen-bond donors (Lipinski definition) is 1. The predicted octanol–water partition coefficient (Wildman–Crippen LogP) is 2.59. The Morgan fingerprint density at radius 3 is 2.32 bits per heavy atom. The summed E-state index contributed by atoms with van der Waals surface area (Å²) in [4.78, 5) is 1.87. The van der Waals surface area contributed by atoms with Gasteiger partial charge in [-0.15, -0.1) is 0 Å². The summed E-state index contributed by atoms with van der Waals surface area (Å²) in [5, 5.41) is 9.68. The van der Waals surface area contributed by atoms with E-state index in [1.807, 2.05) is 17.0 Å². The van der Waals surface area contributed by atoms with E-state index in [0.717, 1.165) is 5.56 Å². The second-order valence-corrected chi connectivity index (χ2v) is 5.46. The SMILES string of the molecule is COc1cccc(CN2CCC(O)(C(F)(F)F)CC2)c1OC. The van der Waals surface area contributed by atoms with Crippen LogP contribution in [0.4, 0.5) is 13.2 Å². The quantitative estimate of drug-likeness (QED) is 0.926. The molecule has 0 atom stereocenters. The highest BCUT2D eigenvalue weighted by atomic mass is 19.4. The minimum Gasteiger partial charge on any atom is -0.493 e. The first kappa shape index (κ1) is 16.9. The molecule has 22 heavy (non-hydrogen) atoms. The Bertz CT molecular complexity index is 511. The number of para-hydroxylation sites is 1. The van der Waals surface area contributed by atoms with E-state index in [-0.39, 0.29) is 25.9 Å². The molecule has 0 saturated carbocycles. The van der Waals surface area contributed by atoms with Crippen molar-refractivity contribution in [3.8, 4) is 11.5 Å². The van der Waals surface area contributed by atoms with Crippen LogP contribution >= 0.6 is 0 Å². The first-order valence-electron chi connectivity index (χ1n) is 7.02. The van der Waals surface area contributed by atoms with Crippen LogP contribution in [0.15, 0.2) is 18.2 Å². The third-order valence-corrected chi connectivity index (χ3v) is 4.09. The van der Waals surface area contributed by atoms with Crippen molar-refractivity contribution in [1.29, 1.82) is 0 Å². The number of hydrogen-bond acceptors (Lipinski definition) is 4. The van der Waals surface area contributed by atoms with Gasteiger partial charge in [-0.3, -0.25) is 4.90 Å². The Balaban J connectivity index is 2.06. The summed E-state index contributed by atoms with van der Waals surface area (Å²) in [7, 11) is 3.06. The molecular weight excluding hydrogens is 299 g/mol. The number of methoxy groups -OCH3 is 2. The van der Waals surface area contributed by atoms with Gasteiger partial charge in [0.2, 0.25) is 0 Å². The largest absolute Gasteiger partial charge is 0.493 e. The fraction of sp³-hybridized carbons (Fsp3) is 0.600. The summed E-state index contributed by atoms with van der Waals surface area (Å²) in [6, 6.07) is 5.43. The highest BCUT2D eigenvalue weighted by Crippen LogP contribution is 2.39. The van der Waals surface area contributed by atoms with Gasteiger partial charge in [0.25, 0.3) is 0 Å². The lowest BCUT2D eigenvalue weighted by Crippen LogP contribution is -2.53. The van der Waals surface area contributed by atoms with Crippen molar-refractivity contribution in [2.75, 3.05) is 27.3 Å². The normalized spacial score (nSPS) is 19.0. The second-order valence-electron chi connectivity index (χ2n) is 5.46. The molecule has 1 aliphatic rings. The van der Waals surface area contributed by atoms with E-state index in [0.29, 0.717) is 18.0 Å². The zero-order valence-electron chi connectivity index (χ0n) is 12.6. The highest BCUT2D eigenvalue weighted by Gasteiger charge is 2.54. The number of benzene rings is 1. The maximum absolute atomic E-state index is 12.8. The zero-order valence-corrected chi connectivity index (χ0v) is 12.6. The van der Waals surface area contributed by atoms with E-state index in [1.165, 1.54) is 14.2 Å². The molecule has 0 spiro atoms. The molecule has 1 fully saturated rings. The van der Waals surface area contributed by atoms with Crippen LogP contribution < -0.4 is 9.47 Å². The lowest BCUT2D eigenvalue weighted by atomic mass is 9.90. The van der Waals surface area contributed by atoms with Gasteiger partial charge < -0.3 is 14.6 Å². The molecule has 0 aliphatic carbocycles. The lowest BCUT2D eigenvalue weighted by molar-refractivity contribution is -0.272. The van der Waals surface area contributed by atoms with E-state index >= 15 is 0 Å². The van der Waals surface area contributed by atoms with Gasteiger partial charge in [0, 0.05) is 25.2 Å². The van der Waals surface area contributed by atoms with E-state index in [4.69, 9.17) is 9.47 Å². The number of alkyl halides is 3. The molecule has 0 bridgehead atoms. The number of aliphatic hydroxyl groups is 1. The van der Waals surface area contributed by atoms with Gasteiger partial charge in [-0.1, -0.05) is 12.1 Å². The zero-order chi connectivity index (χ0) is 16.4. The highest BCUT2D eigenvalue weighted by molar-refractivity contribution is 5.46. The fourth-order valence-electron chi connectivity index (χ4n) is 2.68. The van der Waals surface area contributed by atoms with Crippen LogP contribution in [0.3, 0.4) is 0 Å². The van der Waals surface area contributed by atoms with Crippen molar-refractivity contribution < 1.29 is 27.8 Å². The Morgan fingerprint density at radius 1 is 1.18 bits per heavy atom. The Labute approximate surface area is 127 Å². The fourth-order valence-corrected chi connectivity index (χ4v) is 2.68. The van der Waals surface area contributed by atoms with Crippen LogP contribution in [0, 0.1) is 0 Å². The first-order chi connectivity index (χ1) is 10.3. The minimum absolute atomic E-state index is 0.177. The smallest absolute Gasteiger partial charge is 0.417 e. The maximum atomic E-state index is 12.8. The molecule has 0 unspecified atom stereocenters. The van der Waals surface area contributed by atoms with Gasteiger partial charge in [-0.05, 0) is 18.9 Å². The molecule has 124 valence electrons. The van der Waals surface area contributed by atoms with Crippen molar-refractivity contribution in [3.63, 3.8) is 0 Å². The standard InChI is InChI=1S/C15H20F3NO3/c1-21-12-5-3-4-11(13(12)22-2)10-19-8-6-14(20,7-9-19)15(16,17)18/h3-5,20H,6-10H2,1-2H3. The number of halogens is 3. The monoisotopic (exact) mass is 319 g/mol. The molecule has 0 aromatic heterocycles. The Morgan fingerprint density at radius 2 is 1.82 bits per heavy atom. The summed E-state index contributed by atoms with van der Waals surface area (Å²) in [6.45, 7) is 0.807. The molecule has 0 amide bonds. The maximum Gasteiger partial charge on any atom is 0.417 e. The average Bonchev–Trinajstić information content (AvgIpc) is 2.48. The molecule has 1 aromatic carbocycles. The first-order valence-corrected chi connectivity index (χ1v) is 7.02. The Hall–Kier alpha value is -1.47. The molecule has 1 heterocycles. The summed E-state index contributed by atoms with van der Waals surface area (Å²) in [5.41, 5.74) is -1.72. The summed E-state index contributed by atoms with van der Waals surface area (Å²) in [6.07, 6.45) is -5.21. The number of rotatable bonds is 4. The molecule has 0 radical (unpaired) electrons. The van der Waals surface area contributed by atoms with E-state index in [9.17, 15) is 18.3 Å². The van der Waals surface area contributed by atoms with Crippen LogP contribution in [-0.2, 0) is 6.54 Å². The third kappa shape index (κ3) is 3.30. The van der Waals surface area contributed by atoms with Crippen LogP contribution in [0.2, 0.25) is 0 Å². The van der Waals surface area contributed by atoms with Crippen LogP contribution in [0.1, 0.15) is 18.4 Å². The lowest BCUT2D eigenvalue weighted by Gasteiger charge is -2.39. The topological polar surface area (TPSA) is 41.9 Å². The molecule has 7 heteroatoms. The van der Waals surface area contributed by atoms with E-state index in [1.54, 1.807) is 6.07 Å². The van der Waals surface area contributed by atoms with Crippen LogP contribution in [0.25, 0.3) is 0 Å². The van der Waals surface area contributed by atoms with Crippen molar-refractivity contribution in [3.05, 3.63) is 23.8 Å². The number of piperidine rings is 1. The summed E-state index contributed by atoms with van der Waals surface area (Å²) >= 11 is 0. The molecule has 4 nitrogen and oxygen atoms in total. The molecular formula is C15H20F3NO3. The number of ether oxygens (including phenoxy) is 2. The van der Waals surface area contributed by atoms with Gasteiger partial charge in [0.15, 0.2) is 17.1 Å². The summed E-state index contributed by atoms with van der Waals surface area (Å²) in [5.74, 6) is 1.17. The van der Waals surface area contributed by atoms with Crippen molar-refractivity contribution in [2.24, 2.45) is 0 Å². The molecule has 1 aromatic rings. The van der Waals surface area contributed by atoms with E-state index < -0.39 is 11.8 Å².